The van der Waals surface area contributed by atoms with Crippen LogP contribution in [0.25, 0.3) is 45.1 Å². The van der Waals surface area contributed by atoms with Crippen molar-refractivity contribution in [3.05, 3.63) is 24.8 Å². The highest BCUT2D eigenvalue weighted by Gasteiger charge is 2.33. The molecule has 72 heavy (non-hydrogen) atoms. The van der Waals surface area contributed by atoms with Gasteiger partial charge in [-0.1, -0.05) is 27.7 Å². The van der Waals surface area contributed by atoms with E-state index in [9.17, 15) is 9.90 Å². The van der Waals surface area contributed by atoms with Crippen LogP contribution in [0.2, 0.25) is 0 Å². The molecule has 6 aromatic heterocycles. The van der Waals surface area contributed by atoms with Crippen molar-refractivity contribution in [3.63, 3.8) is 0 Å². The molecule has 0 spiro atoms. The fourth-order valence-electron chi connectivity index (χ4n) is 9.65. The summed E-state index contributed by atoms with van der Waals surface area (Å²) >= 11 is 0. The molecule has 1 amide bonds. The first-order chi connectivity index (χ1) is 34.7. The van der Waals surface area contributed by atoms with Gasteiger partial charge in [0.25, 0.3) is 0 Å². The zero-order valence-electron chi connectivity index (χ0n) is 42.6. The van der Waals surface area contributed by atoms with E-state index < -0.39 is 6.10 Å². The highest BCUT2D eigenvalue weighted by atomic mass is 16.5. The Morgan fingerprint density at radius 3 is 1.51 bits per heavy atom. The van der Waals surface area contributed by atoms with Gasteiger partial charge in [-0.15, -0.1) is 0 Å². The third kappa shape index (κ3) is 11.2. The Balaban J connectivity index is 0.000000180. The number of morpholine rings is 2. The molecule has 3 atom stereocenters. The number of carbonyl (C=O) groups excluding carboxylic acids is 1. The number of rotatable bonds is 12. The zero-order valence-corrected chi connectivity index (χ0v) is 42.6. The van der Waals surface area contributed by atoms with Gasteiger partial charge in [0.1, 0.15) is 0 Å². The molecule has 6 aromatic rings. The topological polar surface area (TPSA) is 275 Å². The molecule has 0 unspecified atom stereocenters. The van der Waals surface area contributed by atoms with Crippen molar-refractivity contribution in [3.8, 4) is 22.8 Å². The first-order valence-electron chi connectivity index (χ1n) is 25.3. The van der Waals surface area contributed by atoms with Crippen LogP contribution in [0.5, 0.6) is 0 Å². The van der Waals surface area contributed by atoms with Crippen LogP contribution in [0, 0.1) is 11.8 Å². The van der Waals surface area contributed by atoms with Gasteiger partial charge in [0, 0.05) is 115 Å². The molecule has 4 saturated heterocycles. The number of ether oxygens (including phenoxy) is 2. The molecular formula is C48H70N20O4. The van der Waals surface area contributed by atoms with Gasteiger partial charge in [0.15, 0.2) is 45.6 Å². The van der Waals surface area contributed by atoms with Crippen LogP contribution in [0.4, 0.5) is 35.4 Å². The number of imidazole rings is 2. The van der Waals surface area contributed by atoms with Crippen molar-refractivity contribution in [1.29, 1.82) is 0 Å². The number of nitrogens with zero attached hydrogens (tertiary/aromatic N) is 17. The molecule has 24 heteroatoms. The van der Waals surface area contributed by atoms with Crippen LogP contribution < -0.4 is 36.4 Å². The maximum Gasteiger partial charge on any atom is 0.225 e. The minimum absolute atomic E-state index is 0.0235. The number of nitrogens with two attached hydrogens (primary N) is 2. The first-order valence-corrected chi connectivity index (χ1v) is 25.3. The monoisotopic (exact) mass is 991 g/mol. The Morgan fingerprint density at radius 2 is 1.10 bits per heavy atom. The molecule has 6 N–H and O–H groups in total. The number of nitrogens with one attached hydrogen (secondary N) is 1. The summed E-state index contributed by atoms with van der Waals surface area (Å²) in [5, 5.41) is 13.2. The predicted molar refractivity (Wildman–Crippen MR) is 277 cm³/mol. The SMILES string of the molecule is CC(C)Cn1c(N2CCN(C(=O)C[C@@H](C)O)[C@H](C)C2)nc2c(N3CCOCC3)nc(-c3cnc(N)nc3)nc21.CC(C)Cn1c(N2CCN[C@H](C)C2)nc2c(N3CCOCC3)nc(-c3cnc(N)nc3)nc21. The van der Waals surface area contributed by atoms with Crippen LogP contribution >= 0.6 is 0 Å². The fraction of sp³-hybridized carbons (Fsp3) is 0.604. The van der Waals surface area contributed by atoms with Gasteiger partial charge in [-0.3, -0.25) is 13.9 Å². The lowest BCUT2D eigenvalue weighted by Crippen LogP contribution is -2.55. The fourth-order valence-corrected chi connectivity index (χ4v) is 9.65. The number of carbonyl (C=O) groups is 1. The number of nitrogen functional groups attached to an aromatic ring is 2. The summed E-state index contributed by atoms with van der Waals surface area (Å²) in [4.78, 5) is 70.4. The first kappa shape index (κ1) is 50.3. The van der Waals surface area contributed by atoms with Gasteiger partial charge in [-0.05, 0) is 32.6 Å². The molecule has 0 aliphatic carbocycles. The zero-order chi connectivity index (χ0) is 50.6. The average Bonchev–Trinajstić information content (AvgIpc) is 3.91. The largest absolute Gasteiger partial charge is 0.393 e. The number of piperazine rings is 2. The van der Waals surface area contributed by atoms with E-state index in [0.29, 0.717) is 94.2 Å². The molecule has 386 valence electrons. The van der Waals surface area contributed by atoms with E-state index >= 15 is 0 Å². The van der Waals surface area contributed by atoms with Crippen LogP contribution in [0.3, 0.4) is 0 Å². The molecule has 10 heterocycles. The van der Waals surface area contributed by atoms with Crippen molar-refractivity contribution in [2.75, 3.05) is 123 Å². The summed E-state index contributed by atoms with van der Waals surface area (Å²) in [6.07, 6.45) is 6.11. The Morgan fingerprint density at radius 1 is 0.639 bits per heavy atom. The number of amides is 1. The van der Waals surface area contributed by atoms with Crippen molar-refractivity contribution in [1.82, 2.24) is 69.2 Å². The lowest BCUT2D eigenvalue weighted by molar-refractivity contribution is -0.135. The summed E-state index contributed by atoms with van der Waals surface area (Å²) in [5.41, 5.74) is 16.0. The van der Waals surface area contributed by atoms with E-state index in [2.05, 4.69) is 88.6 Å². The normalized spacial score (nSPS) is 19.4. The summed E-state index contributed by atoms with van der Waals surface area (Å²) in [6.45, 7) is 26.3. The van der Waals surface area contributed by atoms with Crippen molar-refractivity contribution >= 4 is 63.7 Å². The third-order valence-electron chi connectivity index (χ3n) is 13.0. The second-order valence-electron chi connectivity index (χ2n) is 20.0. The van der Waals surface area contributed by atoms with Gasteiger partial charge in [-0.25, -0.2) is 49.8 Å². The number of anilines is 6. The molecule has 0 radical (unpaired) electrons. The second kappa shape index (κ2) is 22.0. The lowest BCUT2D eigenvalue weighted by Gasteiger charge is -2.40. The molecule has 4 aliphatic rings. The van der Waals surface area contributed by atoms with E-state index in [1.54, 1.807) is 31.7 Å². The van der Waals surface area contributed by atoms with E-state index in [1.165, 1.54) is 0 Å². The van der Waals surface area contributed by atoms with E-state index in [4.69, 9.17) is 50.8 Å². The number of aliphatic hydroxyl groups is 1. The maximum atomic E-state index is 12.7. The van der Waals surface area contributed by atoms with E-state index in [-0.39, 0.29) is 30.3 Å². The quantitative estimate of drug-likeness (QED) is 0.137. The number of aromatic nitrogens is 12. The Hall–Kier alpha value is -6.63. The molecule has 10 rings (SSSR count). The van der Waals surface area contributed by atoms with Gasteiger partial charge in [0.2, 0.25) is 29.7 Å². The molecule has 4 fully saturated rings. The predicted octanol–water partition coefficient (Wildman–Crippen LogP) is 2.32. The molecule has 0 saturated carbocycles. The smallest absolute Gasteiger partial charge is 0.225 e. The molecular weight excluding hydrogens is 921 g/mol. The number of fused-ring (bicyclic) bond motifs is 2. The standard InChI is InChI=1S/C26H38N10O3.C22H32N10O/c1-16(2)14-36-24-21(30-26(36)34-5-6-35(17(3)15-34)20(38)11-18(4)37)23(33-7-9-39-10-8-33)31-22(32-24)19-12-28-25(27)29-13-19;1-14(2)12-32-20-17(27-22(32)31-5-4-24-15(3)13-31)19(30-6-8-33-9-7-30)28-18(29-20)16-10-25-21(23)26-11-16/h12-13,16-18,37H,5-11,14-15H2,1-4H3,(H2,27,28,29);10-11,14-15,24H,4-9,12-13H2,1-3H3,(H2,23,25,26)/t17-,18-;15-/m11/s1. The molecule has 24 nitrogen and oxygen atoms in total. The van der Waals surface area contributed by atoms with Gasteiger partial charge < -0.3 is 55.9 Å². The number of aliphatic hydroxyl groups excluding tert-OH is 1. The van der Waals surface area contributed by atoms with Crippen molar-refractivity contribution < 1.29 is 19.4 Å². The van der Waals surface area contributed by atoms with E-state index in [0.717, 1.165) is 97.2 Å². The molecule has 0 aromatic carbocycles. The number of hydrogen-bond donors (Lipinski definition) is 4. The highest BCUT2D eigenvalue weighted by Crippen LogP contribution is 2.35. The molecule has 0 bridgehead atoms. The highest BCUT2D eigenvalue weighted by molar-refractivity contribution is 5.89. The summed E-state index contributed by atoms with van der Waals surface area (Å²) in [6, 6.07) is 0.378. The van der Waals surface area contributed by atoms with Gasteiger partial charge >= 0.3 is 0 Å². The van der Waals surface area contributed by atoms with Crippen LogP contribution in [-0.4, -0.2) is 185 Å². The maximum absolute atomic E-state index is 12.7. The summed E-state index contributed by atoms with van der Waals surface area (Å²) in [5.74, 6) is 5.65. The van der Waals surface area contributed by atoms with Crippen LogP contribution in [0.15, 0.2) is 24.8 Å². The van der Waals surface area contributed by atoms with Gasteiger partial charge in [0.05, 0.1) is 50.1 Å². The van der Waals surface area contributed by atoms with Crippen LogP contribution in [0.1, 0.15) is 54.9 Å². The van der Waals surface area contributed by atoms with Crippen LogP contribution in [-0.2, 0) is 27.4 Å². The van der Waals surface area contributed by atoms with Gasteiger partial charge in [-0.2, -0.15) is 0 Å². The Labute approximate surface area is 419 Å². The lowest BCUT2D eigenvalue weighted by atomic mass is 10.1. The average molecular weight is 991 g/mol. The number of hydrogen-bond acceptors (Lipinski definition) is 21. The summed E-state index contributed by atoms with van der Waals surface area (Å²) in [7, 11) is 0. The molecule has 4 aliphatic heterocycles. The summed E-state index contributed by atoms with van der Waals surface area (Å²) < 4.78 is 15.6. The van der Waals surface area contributed by atoms with Crippen molar-refractivity contribution in [2.24, 2.45) is 11.8 Å². The van der Waals surface area contributed by atoms with Crippen molar-refractivity contribution in [2.45, 2.75) is 86.2 Å². The minimum Gasteiger partial charge on any atom is -0.393 e. The Kier molecular flexibility index (Phi) is 15.4. The third-order valence-corrected chi connectivity index (χ3v) is 13.0. The van der Waals surface area contributed by atoms with E-state index in [1.807, 2.05) is 11.8 Å². The minimum atomic E-state index is -0.657. The second-order valence-corrected chi connectivity index (χ2v) is 20.0. The Bertz CT molecular complexity index is 2790.